The van der Waals surface area contributed by atoms with Crippen molar-refractivity contribution in [2.45, 2.75) is 96.3 Å². The molecular formula is C43H59ClN4O7S. The normalized spacial score (nSPS) is 29.4. The van der Waals surface area contributed by atoms with Gasteiger partial charge in [0.15, 0.2) is 0 Å². The highest BCUT2D eigenvalue weighted by Crippen LogP contribution is 2.42. The summed E-state index contributed by atoms with van der Waals surface area (Å²) >= 11 is 6.51. The summed E-state index contributed by atoms with van der Waals surface area (Å²) in [6.45, 7) is 3.48. The molecule has 0 spiro atoms. The number of carbonyl (C=O) groups excluding carboxylic acids is 3. The lowest BCUT2D eigenvalue weighted by molar-refractivity contribution is -0.136. The van der Waals surface area contributed by atoms with Gasteiger partial charge in [0.25, 0.3) is 11.8 Å². The minimum absolute atomic E-state index is 0.0181. The third-order valence-corrected chi connectivity index (χ3v) is 14.1. The van der Waals surface area contributed by atoms with Gasteiger partial charge in [-0.1, -0.05) is 36.7 Å². The van der Waals surface area contributed by atoms with Crippen LogP contribution in [-0.2, 0) is 41.9 Å². The van der Waals surface area contributed by atoms with Crippen LogP contribution in [0.2, 0.25) is 5.02 Å². The van der Waals surface area contributed by atoms with Crippen molar-refractivity contribution in [2.75, 3.05) is 51.6 Å². The number of benzene rings is 2. The molecule has 1 N–H and O–H groups in total. The lowest BCUT2D eigenvalue weighted by Gasteiger charge is -2.43. The SMILES string of the molecule is CO[C@H]1/C=C/C[C@H](C)CS(=O)(NC(=O)COC2CCC(C(=O)N(C)C)CC2)=NC(=O)c2ccc3c(c2)N(Cc2ccc(Cl)cc2CCCCCO3)C[C@@H]2CC[C@H]21. The van der Waals surface area contributed by atoms with Gasteiger partial charge >= 0.3 is 0 Å². The maximum absolute atomic E-state index is 14.6. The number of rotatable bonds is 6. The Morgan fingerprint density at radius 2 is 1.84 bits per heavy atom. The van der Waals surface area contributed by atoms with Crippen LogP contribution < -0.4 is 14.4 Å². The second kappa shape index (κ2) is 19.3. The van der Waals surface area contributed by atoms with E-state index < -0.39 is 21.7 Å². The van der Waals surface area contributed by atoms with Gasteiger partial charge in [-0.2, -0.15) is 0 Å². The molecule has 306 valence electrons. The van der Waals surface area contributed by atoms with Gasteiger partial charge in [-0.05, 0) is 130 Å². The van der Waals surface area contributed by atoms with Crippen LogP contribution in [0.1, 0.15) is 92.6 Å². The van der Waals surface area contributed by atoms with Crippen molar-refractivity contribution < 1.29 is 32.8 Å². The Balaban J connectivity index is 1.31. The van der Waals surface area contributed by atoms with Crippen molar-refractivity contribution >= 4 is 44.9 Å². The number of amides is 3. The van der Waals surface area contributed by atoms with E-state index in [0.717, 1.165) is 50.8 Å². The Morgan fingerprint density at radius 1 is 1.04 bits per heavy atom. The number of nitrogens with one attached hydrogen (secondary N) is 1. The van der Waals surface area contributed by atoms with E-state index in [-0.39, 0.29) is 47.9 Å². The number of carbonyl (C=O) groups is 3. The monoisotopic (exact) mass is 810 g/mol. The van der Waals surface area contributed by atoms with Crippen LogP contribution in [0.3, 0.4) is 0 Å². The molecule has 2 bridgehead atoms. The predicted octanol–water partition coefficient (Wildman–Crippen LogP) is 7.39. The van der Waals surface area contributed by atoms with Crippen LogP contribution in [0.15, 0.2) is 52.9 Å². The molecule has 2 aromatic carbocycles. The van der Waals surface area contributed by atoms with E-state index in [4.69, 9.17) is 25.8 Å². The third-order valence-electron chi connectivity index (χ3n) is 11.8. The lowest BCUT2D eigenvalue weighted by atomic mass is 9.70. The van der Waals surface area contributed by atoms with Crippen LogP contribution in [0.5, 0.6) is 5.75 Å². The number of anilines is 1. The first-order valence-electron chi connectivity index (χ1n) is 20.3. The van der Waals surface area contributed by atoms with Crippen molar-refractivity contribution in [3.05, 3.63) is 70.3 Å². The van der Waals surface area contributed by atoms with Crippen molar-refractivity contribution in [2.24, 2.45) is 28.0 Å². The molecule has 2 heterocycles. The Hall–Kier alpha value is -3.45. The molecule has 2 saturated carbocycles. The molecule has 11 nitrogen and oxygen atoms in total. The quantitative estimate of drug-likeness (QED) is 0.300. The third kappa shape index (κ3) is 10.9. The highest BCUT2D eigenvalue weighted by molar-refractivity contribution is 7.92. The molecule has 2 aliphatic carbocycles. The zero-order valence-electron chi connectivity index (χ0n) is 33.4. The number of methoxy groups -OCH3 is 1. The standard InChI is InChI=1S/C43H59ClN4O7S/c1-29-9-8-11-39(53-4)37-20-15-34(37)26-48-25-33-12-17-35(44)23-31(33)10-6-5-7-22-54-40-21-16-32(24-38(40)48)42(50)46-56(52,28-29)45-41(49)27-55-36-18-13-30(14-19-36)43(51)47(2)3/h8,11-12,16-17,21,23-24,29-30,34,36-37,39H,5-7,9-10,13-15,18-20,22,25-28H2,1-4H3,(H,45,46,49,50,52)/b11-8+/t29-,30?,34-,36?,37+,39-,56?/m0/s1. The number of hydrogen-bond donors (Lipinski definition) is 1. The highest BCUT2D eigenvalue weighted by atomic mass is 35.5. The number of allylic oxidation sites excluding steroid dienone is 1. The van der Waals surface area contributed by atoms with E-state index in [2.05, 4.69) is 38.3 Å². The van der Waals surface area contributed by atoms with Gasteiger partial charge in [0.05, 0.1) is 30.3 Å². The fourth-order valence-corrected chi connectivity index (χ4v) is 10.7. The second-order valence-corrected chi connectivity index (χ2v) is 18.8. The predicted molar refractivity (Wildman–Crippen MR) is 220 cm³/mol. The van der Waals surface area contributed by atoms with Crippen LogP contribution >= 0.6 is 11.6 Å². The zero-order chi connectivity index (χ0) is 39.8. The number of nitrogens with zero attached hydrogens (tertiary/aromatic N) is 3. The second-order valence-electron chi connectivity index (χ2n) is 16.4. The molecule has 0 radical (unpaired) electrons. The average molecular weight is 811 g/mol. The van der Waals surface area contributed by atoms with Crippen molar-refractivity contribution in [3.8, 4) is 5.75 Å². The van der Waals surface area contributed by atoms with Gasteiger partial charge in [-0.3, -0.25) is 19.1 Å². The Morgan fingerprint density at radius 3 is 2.57 bits per heavy atom. The summed E-state index contributed by atoms with van der Waals surface area (Å²) in [4.78, 5) is 43.8. The molecule has 1 unspecified atom stereocenters. The molecule has 0 saturated heterocycles. The number of ether oxygens (including phenoxy) is 3. The van der Waals surface area contributed by atoms with E-state index in [1.807, 2.05) is 19.1 Å². The van der Waals surface area contributed by atoms with E-state index in [0.29, 0.717) is 67.9 Å². The molecule has 4 aliphatic rings. The molecule has 6 rings (SSSR count). The number of aryl methyl sites for hydroxylation is 1. The Kier molecular flexibility index (Phi) is 14.6. The first-order valence-corrected chi connectivity index (χ1v) is 22.4. The van der Waals surface area contributed by atoms with Crippen molar-refractivity contribution in [3.63, 3.8) is 0 Å². The first-order chi connectivity index (χ1) is 26.9. The summed E-state index contributed by atoms with van der Waals surface area (Å²) in [6.07, 6.45) is 13.1. The largest absolute Gasteiger partial charge is 0.491 e. The number of halogens is 1. The summed E-state index contributed by atoms with van der Waals surface area (Å²) in [6, 6.07) is 11.4. The van der Waals surface area contributed by atoms with Gasteiger partial charge in [0, 0.05) is 50.8 Å². The Labute approximate surface area is 338 Å². The lowest BCUT2D eigenvalue weighted by Crippen LogP contribution is -2.43. The fraction of sp³-hybridized carbons (Fsp3) is 0.605. The van der Waals surface area contributed by atoms with Crippen LogP contribution in [0.4, 0.5) is 5.69 Å². The fourth-order valence-electron chi connectivity index (χ4n) is 8.59. The molecule has 2 aliphatic heterocycles. The summed E-state index contributed by atoms with van der Waals surface area (Å²) in [7, 11) is 1.71. The van der Waals surface area contributed by atoms with Gasteiger partial charge in [-0.25, -0.2) is 4.21 Å². The van der Waals surface area contributed by atoms with Gasteiger partial charge in [-0.15, -0.1) is 4.36 Å². The van der Waals surface area contributed by atoms with Gasteiger partial charge < -0.3 is 24.0 Å². The minimum Gasteiger partial charge on any atom is -0.491 e. The molecule has 2 fully saturated rings. The summed E-state index contributed by atoms with van der Waals surface area (Å²) in [5, 5.41) is 0.716. The van der Waals surface area contributed by atoms with Crippen LogP contribution in [0.25, 0.3) is 0 Å². The molecule has 2 aromatic rings. The van der Waals surface area contributed by atoms with Gasteiger partial charge in [0.2, 0.25) is 5.91 Å². The van der Waals surface area contributed by atoms with Crippen LogP contribution in [-0.4, -0.2) is 85.8 Å². The summed E-state index contributed by atoms with van der Waals surface area (Å²) < 4.78 is 39.9. The van der Waals surface area contributed by atoms with Crippen LogP contribution in [0, 0.1) is 23.7 Å². The topological polar surface area (TPSA) is 127 Å². The minimum atomic E-state index is -3.56. The van der Waals surface area contributed by atoms with E-state index in [9.17, 15) is 18.6 Å². The van der Waals surface area contributed by atoms with Crippen molar-refractivity contribution in [1.29, 1.82) is 0 Å². The van der Waals surface area contributed by atoms with E-state index in [1.54, 1.807) is 38.2 Å². The molecule has 5 atom stereocenters. The van der Waals surface area contributed by atoms with Gasteiger partial charge in [0.1, 0.15) is 22.3 Å². The highest BCUT2D eigenvalue weighted by Gasteiger charge is 2.38. The molecule has 3 amide bonds. The smallest absolute Gasteiger partial charge is 0.286 e. The van der Waals surface area contributed by atoms with E-state index >= 15 is 0 Å². The molecule has 56 heavy (non-hydrogen) atoms. The maximum atomic E-state index is 14.6. The van der Waals surface area contributed by atoms with Crippen molar-refractivity contribution in [1.82, 2.24) is 9.62 Å². The maximum Gasteiger partial charge on any atom is 0.286 e. The number of hydrogen-bond acceptors (Lipinski definition) is 8. The average Bonchev–Trinajstić information content (AvgIpc) is 3.15. The molecular weight excluding hydrogens is 752 g/mol. The number of fused-ring (bicyclic) bond motifs is 3. The summed E-state index contributed by atoms with van der Waals surface area (Å²) in [5.74, 6) is -0.0562. The first kappa shape index (κ1) is 42.2. The van der Waals surface area contributed by atoms with E-state index in [1.165, 1.54) is 11.1 Å². The molecule has 0 aromatic heterocycles. The summed E-state index contributed by atoms with van der Waals surface area (Å²) in [5.41, 5.74) is 3.43. The molecule has 13 heteroatoms. The zero-order valence-corrected chi connectivity index (χ0v) is 35.0. The Bertz CT molecular complexity index is 1870.